The molecule has 3 aromatic carbocycles. The molecule has 2 N–H and O–H groups in total. The Hall–Kier alpha value is -4.37. The van der Waals surface area contributed by atoms with Crippen molar-refractivity contribution in [1.82, 2.24) is 5.43 Å². The molecule has 10 heteroatoms. The van der Waals surface area contributed by atoms with Gasteiger partial charge in [0.25, 0.3) is 0 Å². The number of nitrogens with zero attached hydrogens (tertiary/aromatic N) is 1. The van der Waals surface area contributed by atoms with Gasteiger partial charge < -0.3 is 19.5 Å². The molecule has 0 aliphatic rings. The van der Waals surface area contributed by atoms with Crippen LogP contribution in [0.15, 0.2) is 65.8 Å². The zero-order valence-corrected chi connectivity index (χ0v) is 20.8. The Kier molecular flexibility index (Phi) is 8.64. The molecule has 2 amide bonds. The van der Waals surface area contributed by atoms with Crippen LogP contribution in [0.25, 0.3) is 0 Å². The van der Waals surface area contributed by atoms with Gasteiger partial charge in [0, 0.05) is 16.3 Å². The molecule has 3 rings (SSSR count). The first-order valence-corrected chi connectivity index (χ1v) is 11.1. The molecule has 9 nitrogen and oxygen atoms in total. The van der Waals surface area contributed by atoms with E-state index in [0.29, 0.717) is 27.7 Å². The lowest BCUT2D eigenvalue weighted by molar-refractivity contribution is -0.136. The normalized spacial score (nSPS) is 10.9. The number of hydrogen-bond acceptors (Lipinski definition) is 7. The lowest BCUT2D eigenvalue weighted by atomic mass is 10.1. The third-order valence-electron chi connectivity index (χ3n) is 5.07. The van der Waals surface area contributed by atoms with Gasteiger partial charge in [0.05, 0.1) is 19.9 Å². The summed E-state index contributed by atoms with van der Waals surface area (Å²) in [4.78, 5) is 36.9. The molecule has 0 aromatic heterocycles. The molecule has 0 saturated carbocycles. The minimum absolute atomic E-state index is 0.185. The predicted molar refractivity (Wildman–Crippen MR) is 136 cm³/mol. The molecular weight excluding hydrogens is 486 g/mol. The average Bonchev–Trinajstić information content (AvgIpc) is 2.89. The van der Waals surface area contributed by atoms with Gasteiger partial charge in [-0.2, -0.15) is 5.10 Å². The molecule has 3 aromatic rings. The smallest absolute Gasteiger partial charge is 0.347 e. The molecule has 0 fully saturated rings. The van der Waals surface area contributed by atoms with Crippen LogP contribution in [0.5, 0.6) is 17.2 Å². The van der Waals surface area contributed by atoms with Crippen LogP contribution < -0.4 is 25.0 Å². The number of ether oxygens (including phenoxy) is 3. The van der Waals surface area contributed by atoms with Crippen LogP contribution in [0.3, 0.4) is 0 Å². The number of esters is 1. The van der Waals surface area contributed by atoms with Crippen molar-refractivity contribution < 1.29 is 28.6 Å². The number of aryl methyl sites for hydroxylation is 1. The summed E-state index contributed by atoms with van der Waals surface area (Å²) in [5.74, 6) is -1.64. The number of carbonyl (C=O) groups is 3. The first-order chi connectivity index (χ1) is 17.2. The van der Waals surface area contributed by atoms with E-state index in [9.17, 15) is 14.4 Å². The van der Waals surface area contributed by atoms with E-state index < -0.39 is 17.8 Å². The first-order valence-electron chi connectivity index (χ1n) is 10.7. The lowest BCUT2D eigenvalue weighted by Gasteiger charge is -2.12. The number of anilines is 1. The Morgan fingerprint density at radius 1 is 0.861 bits per heavy atom. The molecule has 0 aliphatic carbocycles. The fourth-order valence-electron chi connectivity index (χ4n) is 3.05. The first kappa shape index (κ1) is 26.2. The molecular formula is C26H24ClN3O6. The summed E-state index contributed by atoms with van der Waals surface area (Å²) < 4.78 is 16.0. The zero-order valence-electron chi connectivity index (χ0n) is 20.0. The lowest BCUT2D eigenvalue weighted by Crippen LogP contribution is -2.32. The minimum atomic E-state index is -0.958. The van der Waals surface area contributed by atoms with Gasteiger partial charge in [-0.15, -0.1) is 0 Å². The maximum atomic E-state index is 12.6. The van der Waals surface area contributed by atoms with E-state index in [-0.39, 0.29) is 17.1 Å². The van der Waals surface area contributed by atoms with E-state index in [1.165, 1.54) is 20.3 Å². The second-order valence-electron chi connectivity index (χ2n) is 7.51. The second-order valence-corrected chi connectivity index (χ2v) is 7.92. The van der Waals surface area contributed by atoms with Crippen LogP contribution in [0.1, 0.15) is 28.4 Å². The average molecular weight is 510 g/mol. The fraction of sp³-hybridized carbons (Fsp3) is 0.154. The van der Waals surface area contributed by atoms with E-state index in [1.807, 2.05) is 6.92 Å². The van der Waals surface area contributed by atoms with Gasteiger partial charge in [-0.1, -0.05) is 29.8 Å². The number of nitrogens with one attached hydrogen (secondary N) is 2. The molecule has 186 valence electrons. The van der Waals surface area contributed by atoms with Crippen molar-refractivity contribution in [2.24, 2.45) is 5.10 Å². The van der Waals surface area contributed by atoms with E-state index in [0.717, 1.165) is 5.56 Å². The highest BCUT2D eigenvalue weighted by atomic mass is 35.5. The number of benzene rings is 3. The molecule has 0 heterocycles. The Morgan fingerprint density at radius 2 is 1.58 bits per heavy atom. The van der Waals surface area contributed by atoms with Crippen molar-refractivity contribution in [3.8, 4) is 17.2 Å². The van der Waals surface area contributed by atoms with Gasteiger partial charge in [-0.05, 0) is 61.9 Å². The van der Waals surface area contributed by atoms with Crippen LogP contribution in [-0.4, -0.2) is 37.7 Å². The van der Waals surface area contributed by atoms with Crippen LogP contribution in [0.4, 0.5) is 5.69 Å². The van der Waals surface area contributed by atoms with Crippen molar-refractivity contribution in [2.75, 3.05) is 19.5 Å². The summed E-state index contributed by atoms with van der Waals surface area (Å²) in [6.45, 7) is 3.46. The number of methoxy groups -OCH3 is 2. The maximum absolute atomic E-state index is 12.6. The van der Waals surface area contributed by atoms with E-state index in [2.05, 4.69) is 15.8 Å². The van der Waals surface area contributed by atoms with Crippen molar-refractivity contribution in [2.45, 2.75) is 13.8 Å². The Labute approximate surface area is 213 Å². The van der Waals surface area contributed by atoms with Crippen molar-refractivity contribution in [3.63, 3.8) is 0 Å². The van der Waals surface area contributed by atoms with Crippen LogP contribution >= 0.6 is 11.6 Å². The second kappa shape index (κ2) is 11.9. The number of hydrazone groups is 1. The quantitative estimate of drug-likeness (QED) is 0.161. The Morgan fingerprint density at radius 3 is 2.28 bits per heavy atom. The Bertz CT molecular complexity index is 1340. The molecule has 0 bridgehead atoms. The van der Waals surface area contributed by atoms with E-state index in [1.54, 1.807) is 61.5 Å². The number of para-hydroxylation sites is 1. The molecule has 0 atom stereocenters. The molecule has 0 unspecified atom stereocenters. The largest absolute Gasteiger partial charge is 0.496 e. The summed E-state index contributed by atoms with van der Waals surface area (Å²) in [5, 5.41) is 6.90. The monoisotopic (exact) mass is 509 g/mol. The molecule has 0 saturated heterocycles. The summed E-state index contributed by atoms with van der Waals surface area (Å²) >= 11 is 6.04. The van der Waals surface area contributed by atoms with Crippen molar-refractivity contribution in [3.05, 3.63) is 82.4 Å². The maximum Gasteiger partial charge on any atom is 0.347 e. The molecule has 0 spiro atoms. The van der Waals surface area contributed by atoms with E-state index in [4.69, 9.17) is 25.8 Å². The number of carbonyl (C=O) groups excluding carboxylic acids is 3. The highest BCUT2D eigenvalue weighted by Crippen LogP contribution is 2.30. The number of hydrogen-bond donors (Lipinski definition) is 2. The van der Waals surface area contributed by atoms with Gasteiger partial charge in [0.15, 0.2) is 11.5 Å². The minimum Gasteiger partial charge on any atom is -0.496 e. The van der Waals surface area contributed by atoms with Gasteiger partial charge in [0.1, 0.15) is 11.3 Å². The Balaban J connectivity index is 1.68. The molecule has 0 radical (unpaired) electrons. The summed E-state index contributed by atoms with van der Waals surface area (Å²) in [5.41, 5.74) is 4.65. The molecule has 0 aliphatic heterocycles. The zero-order chi connectivity index (χ0) is 26.2. The topological polar surface area (TPSA) is 115 Å². The van der Waals surface area contributed by atoms with Gasteiger partial charge >= 0.3 is 17.8 Å². The van der Waals surface area contributed by atoms with Gasteiger partial charge in [-0.3, -0.25) is 9.59 Å². The molecule has 36 heavy (non-hydrogen) atoms. The third-order valence-corrected chi connectivity index (χ3v) is 5.48. The van der Waals surface area contributed by atoms with Crippen LogP contribution in [-0.2, 0) is 9.59 Å². The van der Waals surface area contributed by atoms with Gasteiger partial charge in [0.2, 0.25) is 0 Å². The summed E-state index contributed by atoms with van der Waals surface area (Å²) in [6.07, 6.45) is 0. The number of rotatable bonds is 7. The standard InChI is InChI=1S/C26H24ClN3O6/c1-15-9-11-18(14-20(15)27)28-24(31)25(32)30-29-16(2)17-10-12-22(23(13-17)35-4)36-26(33)19-7-5-6-8-21(19)34-3/h5-14H,1-4H3,(H,28,31)(H,30,32)/b29-16+. The van der Waals surface area contributed by atoms with Crippen molar-refractivity contribution in [1.29, 1.82) is 0 Å². The highest BCUT2D eigenvalue weighted by molar-refractivity contribution is 6.40. The van der Waals surface area contributed by atoms with Crippen molar-refractivity contribution >= 4 is 40.8 Å². The predicted octanol–water partition coefficient (Wildman–Crippen LogP) is 4.36. The van der Waals surface area contributed by atoms with Crippen LogP contribution in [0, 0.1) is 6.92 Å². The fourth-order valence-corrected chi connectivity index (χ4v) is 3.23. The number of halogens is 1. The summed E-state index contributed by atoms with van der Waals surface area (Å²) in [6, 6.07) is 16.3. The SMILES string of the molecule is COc1cc(/C(C)=N/NC(=O)C(=O)Nc2ccc(C)c(Cl)c2)ccc1OC(=O)c1ccccc1OC. The van der Waals surface area contributed by atoms with E-state index >= 15 is 0 Å². The van der Waals surface area contributed by atoms with Crippen LogP contribution in [0.2, 0.25) is 5.02 Å². The van der Waals surface area contributed by atoms with Gasteiger partial charge in [-0.25, -0.2) is 10.2 Å². The summed E-state index contributed by atoms with van der Waals surface area (Å²) in [7, 11) is 2.89. The highest BCUT2D eigenvalue weighted by Gasteiger charge is 2.18. The number of amides is 2. The third kappa shape index (κ3) is 6.39.